The van der Waals surface area contributed by atoms with Crippen LogP contribution in [-0.4, -0.2) is 60.6 Å². The van der Waals surface area contributed by atoms with E-state index in [1.54, 1.807) is 23.3 Å². The third kappa shape index (κ3) is 5.99. The smallest absolute Gasteiger partial charge is 0.318 e. The number of fused-ring (bicyclic) bond motifs is 1. The molecule has 0 unspecified atom stereocenters. The highest BCUT2D eigenvalue weighted by atomic mass is 32.1. The van der Waals surface area contributed by atoms with Gasteiger partial charge >= 0.3 is 6.03 Å². The van der Waals surface area contributed by atoms with Crippen LogP contribution >= 0.6 is 11.3 Å². The van der Waals surface area contributed by atoms with Crippen LogP contribution in [0.1, 0.15) is 50.6 Å². The van der Waals surface area contributed by atoms with Crippen LogP contribution in [-0.2, 0) is 11.2 Å². The quantitative estimate of drug-likeness (QED) is 0.614. The normalized spacial score (nSPS) is 15.5. The molecular weight excluding hydrogens is 438 g/mol. The molecule has 1 N–H and O–H groups in total. The average Bonchev–Trinajstić information content (AvgIpc) is 3.27. The SMILES string of the molecule is CCCNC(=O)N(CC(=O)N1CCc2sccc2[C@H]1COc1ccccc1OC)C(C)(C)C. The van der Waals surface area contributed by atoms with Crippen molar-refractivity contribution in [2.45, 2.75) is 52.1 Å². The summed E-state index contributed by atoms with van der Waals surface area (Å²) in [7, 11) is 1.61. The van der Waals surface area contributed by atoms with Crippen molar-refractivity contribution in [2.75, 3.05) is 33.4 Å². The first kappa shape index (κ1) is 24.9. The molecule has 1 aromatic heterocycles. The van der Waals surface area contributed by atoms with E-state index in [0.29, 0.717) is 31.2 Å². The summed E-state index contributed by atoms with van der Waals surface area (Å²) in [6, 6.07) is 9.14. The minimum absolute atomic E-state index is 0.0175. The maximum Gasteiger partial charge on any atom is 0.318 e. The van der Waals surface area contributed by atoms with Gasteiger partial charge in [0.2, 0.25) is 5.91 Å². The molecule has 2 heterocycles. The van der Waals surface area contributed by atoms with Crippen molar-refractivity contribution in [3.63, 3.8) is 0 Å². The van der Waals surface area contributed by atoms with E-state index in [4.69, 9.17) is 9.47 Å². The number of hydrogen-bond donors (Lipinski definition) is 1. The Bertz CT molecular complexity index is 953. The lowest BCUT2D eigenvalue weighted by molar-refractivity contribution is -0.136. The number of para-hydroxylation sites is 2. The summed E-state index contributed by atoms with van der Waals surface area (Å²) < 4.78 is 11.5. The lowest BCUT2D eigenvalue weighted by Crippen LogP contribution is -2.55. The molecule has 0 bridgehead atoms. The molecule has 0 saturated carbocycles. The summed E-state index contributed by atoms with van der Waals surface area (Å²) in [5.74, 6) is 1.22. The maximum absolute atomic E-state index is 13.5. The number of carbonyl (C=O) groups excluding carboxylic acids is 2. The third-order valence-electron chi connectivity index (χ3n) is 5.76. The van der Waals surface area contributed by atoms with Crippen LogP contribution in [0, 0.1) is 0 Å². The Kier molecular flexibility index (Phi) is 8.24. The van der Waals surface area contributed by atoms with Gasteiger partial charge in [-0.25, -0.2) is 4.79 Å². The molecule has 2 aromatic rings. The summed E-state index contributed by atoms with van der Waals surface area (Å²) in [5.41, 5.74) is 0.632. The number of hydrogen-bond acceptors (Lipinski definition) is 5. The van der Waals surface area contributed by atoms with E-state index in [9.17, 15) is 9.59 Å². The number of nitrogens with one attached hydrogen (secondary N) is 1. The van der Waals surface area contributed by atoms with Gasteiger partial charge in [-0.15, -0.1) is 11.3 Å². The highest BCUT2D eigenvalue weighted by Crippen LogP contribution is 2.35. The number of nitrogens with zero attached hydrogens (tertiary/aromatic N) is 2. The van der Waals surface area contributed by atoms with Crippen molar-refractivity contribution < 1.29 is 19.1 Å². The molecule has 0 fully saturated rings. The second kappa shape index (κ2) is 10.9. The van der Waals surface area contributed by atoms with E-state index >= 15 is 0 Å². The standard InChI is InChI=1S/C25H35N3O4S/c1-6-13-26-24(30)28(25(2,3)4)16-23(29)27-14-11-22-18(12-15-33-22)19(27)17-32-21-10-8-7-9-20(21)31-5/h7-10,12,15,19H,6,11,13-14,16-17H2,1-5H3,(H,26,30)/t19-/m1/s1. The Balaban J connectivity index is 1.80. The van der Waals surface area contributed by atoms with Crippen molar-refractivity contribution in [2.24, 2.45) is 0 Å². The van der Waals surface area contributed by atoms with Gasteiger partial charge in [0.1, 0.15) is 13.2 Å². The average molecular weight is 474 g/mol. The van der Waals surface area contributed by atoms with Gasteiger partial charge in [0, 0.05) is 23.5 Å². The largest absolute Gasteiger partial charge is 0.493 e. The Morgan fingerprint density at radius 2 is 1.94 bits per heavy atom. The zero-order valence-corrected chi connectivity index (χ0v) is 21.0. The highest BCUT2D eigenvalue weighted by Gasteiger charge is 2.36. The summed E-state index contributed by atoms with van der Waals surface area (Å²) in [6.45, 7) is 9.35. The molecule has 1 aromatic carbocycles. The van der Waals surface area contributed by atoms with Gasteiger partial charge in [-0.2, -0.15) is 0 Å². The predicted molar refractivity (Wildman–Crippen MR) is 131 cm³/mol. The van der Waals surface area contributed by atoms with Gasteiger partial charge in [0.15, 0.2) is 11.5 Å². The van der Waals surface area contributed by atoms with Crippen LogP contribution in [0.15, 0.2) is 35.7 Å². The minimum Gasteiger partial charge on any atom is -0.493 e. The molecule has 0 saturated heterocycles. The number of thiophene rings is 1. The van der Waals surface area contributed by atoms with Crippen molar-refractivity contribution in [3.8, 4) is 11.5 Å². The van der Waals surface area contributed by atoms with Crippen molar-refractivity contribution in [1.29, 1.82) is 0 Å². The molecule has 180 valence electrons. The molecule has 3 amide bonds. The molecule has 0 spiro atoms. The monoisotopic (exact) mass is 473 g/mol. The van der Waals surface area contributed by atoms with Gasteiger partial charge < -0.3 is 24.6 Å². The predicted octanol–water partition coefficient (Wildman–Crippen LogP) is 4.48. The van der Waals surface area contributed by atoms with E-state index in [-0.39, 0.29) is 24.5 Å². The fourth-order valence-corrected chi connectivity index (χ4v) is 4.88. The lowest BCUT2D eigenvalue weighted by Gasteiger charge is -2.40. The van der Waals surface area contributed by atoms with E-state index in [2.05, 4.69) is 16.8 Å². The van der Waals surface area contributed by atoms with Crippen LogP contribution in [0.2, 0.25) is 0 Å². The summed E-state index contributed by atoms with van der Waals surface area (Å²) in [4.78, 5) is 31.1. The highest BCUT2D eigenvalue weighted by molar-refractivity contribution is 7.10. The fraction of sp³-hybridized carbons (Fsp3) is 0.520. The second-order valence-corrected chi connectivity index (χ2v) is 10.1. The molecule has 7 nitrogen and oxygen atoms in total. The third-order valence-corrected chi connectivity index (χ3v) is 6.75. The Labute approximate surface area is 200 Å². The summed E-state index contributed by atoms with van der Waals surface area (Å²) in [5, 5.41) is 4.97. The molecule has 1 aliphatic rings. The van der Waals surface area contributed by atoms with Gasteiger partial charge in [-0.05, 0) is 62.8 Å². The van der Waals surface area contributed by atoms with E-state index < -0.39 is 5.54 Å². The molecule has 3 rings (SSSR count). The zero-order chi connectivity index (χ0) is 24.0. The Morgan fingerprint density at radius 1 is 1.21 bits per heavy atom. The molecule has 0 aliphatic carbocycles. The number of rotatable bonds is 8. The second-order valence-electron chi connectivity index (χ2n) is 9.10. The van der Waals surface area contributed by atoms with Gasteiger partial charge in [-0.1, -0.05) is 19.1 Å². The number of methoxy groups -OCH3 is 1. The van der Waals surface area contributed by atoms with Crippen LogP contribution in [0.5, 0.6) is 11.5 Å². The summed E-state index contributed by atoms with van der Waals surface area (Å²) in [6.07, 6.45) is 1.65. The molecule has 0 radical (unpaired) electrons. The lowest BCUT2D eigenvalue weighted by atomic mass is 10.00. The van der Waals surface area contributed by atoms with Crippen molar-refractivity contribution >= 4 is 23.3 Å². The van der Waals surface area contributed by atoms with Gasteiger partial charge in [0.25, 0.3) is 0 Å². The van der Waals surface area contributed by atoms with Gasteiger partial charge in [0.05, 0.1) is 13.2 Å². The number of amides is 3. The van der Waals surface area contributed by atoms with Gasteiger partial charge in [-0.3, -0.25) is 4.79 Å². The molecular formula is C25H35N3O4S. The summed E-state index contributed by atoms with van der Waals surface area (Å²) >= 11 is 1.71. The first-order chi connectivity index (χ1) is 15.8. The van der Waals surface area contributed by atoms with Crippen LogP contribution in [0.4, 0.5) is 4.79 Å². The minimum atomic E-state index is -0.486. The number of urea groups is 1. The topological polar surface area (TPSA) is 71.1 Å². The Morgan fingerprint density at radius 3 is 2.61 bits per heavy atom. The first-order valence-electron chi connectivity index (χ1n) is 11.4. The molecule has 1 atom stereocenters. The Hall–Kier alpha value is -2.74. The van der Waals surface area contributed by atoms with Crippen LogP contribution in [0.3, 0.4) is 0 Å². The van der Waals surface area contributed by atoms with Crippen LogP contribution < -0.4 is 14.8 Å². The number of benzene rings is 1. The first-order valence-corrected chi connectivity index (χ1v) is 12.3. The van der Waals surface area contributed by atoms with Crippen LogP contribution in [0.25, 0.3) is 0 Å². The maximum atomic E-state index is 13.5. The molecule has 8 heteroatoms. The zero-order valence-electron chi connectivity index (χ0n) is 20.2. The molecule has 1 aliphatic heterocycles. The van der Waals surface area contributed by atoms with E-state index in [1.165, 1.54) is 4.88 Å². The van der Waals surface area contributed by atoms with E-state index in [1.807, 2.05) is 56.9 Å². The number of ether oxygens (including phenoxy) is 2. The molecule has 33 heavy (non-hydrogen) atoms. The number of carbonyl (C=O) groups is 2. The van der Waals surface area contributed by atoms with Crippen molar-refractivity contribution in [1.82, 2.24) is 15.1 Å². The van der Waals surface area contributed by atoms with Crippen molar-refractivity contribution in [3.05, 3.63) is 46.2 Å². The fourth-order valence-electron chi connectivity index (χ4n) is 3.95. The van der Waals surface area contributed by atoms with E-state index in [0.717, 1.165) is 18.4 Å².